The lowest BCUT2D eigenvalue weighted by atomic mass is 10.2. The summed E-state index contributed by atoms with van der Waals surface area (Å²) in [5.41, 5.74) is 0. The molecule has 3 heterocycles. The summed E-state index contributed by atoms with van der Waals surface area (Å²) in [6.45, 7) is 0.899. The van der Waals surface area contributed by atoms with Crippen LogP contribution in [0.25, 0.3) is 0 Å². The van der Waals surface area contributed by atoms with Crippen molar-refractivity contribution in [3.05, 3.63) is 29.9 Å². The number of hydrogen-bond donors (Lipinski definition) is 0. The number of aryl methyl sites for hydroxylation is 2. The summed E-state index contributed by atoms with van der Waals surface area (Å²) in [4.78, 5) is 21.3. The van der Waals surface area contributed by atoms with Crippen molar-refractivity contribution >= 4 is 5.91 Å². The summed E-state index contributed by atoms with van der Waals surface area (Å²) in [5.74, 6) is -3.13. The van der Waals surface area contributed by atoms with E-state index in [1.54, 1.807) is 20.2 Å². The Balaban J connectivity index is 1.95. The number of likely N-dealkylation sites (tertiary alicyclic amines) is 1. The van der Waals surface area contributed by atoms with Gasteiger partial charge in [-0.2, -0.15) is 4.98 Å². The van der Waals surface area contributed by atoms with Crippen molar-refractivity contribution < 1.29 is 18.1 Å². The number of carbonyl (C=O) groups is 1. The second-order valence-electron chi connectivity index (χ2n) is 5.05. The van der Waals surface area contributed by atoms with Crippen molar-refractivity contribution in [1.82, 2.24) is 24.6 Å². The zero-order valence-corrected chi connectivity index (χ0v) is 11.5. The molecule has 9 heteroatoms. The van der Waals surface area contributed by atoms with Gasteiger partial charge in [0.2, 0.25) is 5.89 Å². The molecule has 1 aliphatic heterocycles. The van der Waals surface area contributed by atoms with E-state index in [2.05, 4.69) is 15.1 Å². The second kappa shape index (κ2) is 4.61. The van der Waals surface area contributed by atoms with Crippen molar-refractivity contribution in [2.24, 2.45) is 7.05 Å². The third-order valence-electron chi connectivity index (χ3n) is 3.37. The minimum atomic E-state index is -2.99. The highest BCUT2D eigenvalue weighted by Crippen LogP contribution is 2.41. The Morgan fingerprint density at radius 2 is 2.29 bits per heavy atom. The molecule has 0 N–H and O–H groups in total. The average Bonchev–Trinajstić information content (AvgIpc) is 3.08. The van der Waals surface area contributed by atoms with E-state index >= 15 is 0 Å². The number of aromatic nitrogens is 4. The van der Waals surface area contributed by atoms with Crippen molar-refractivity contribution in [2.45, 2.75) is 25.3 Å². The second-order valence-corrected chi connectivity index (χ2v) is 5.05. The fourth-order valence-electron chi connectivity index (χ4n) is 2.40. The highest BCUT2D eigenvalue weighted by atomic mass is 19.3. The minimum absolute atomic E-state index is 0.0206. The van der Waals surface area contributed by atoms with Crippen LogP contribution in [0.3, 0.4) is 0 Å². The molecule has 1 fully saturated rings. The molecule has 7 nitrogen and oxygen atoms in total. The lowest BCUT2D eigenvalue weighted by Gasteiger charge is -2.20. The van der Waals surface area contributed by atoms with E-state index in [1.165, 1.54) is 10.8 Å². The van der Waals surface area contributed by atoms with Gasteiger partial charge in [0.05, 0.1) is 6.54 Å². The van der Waals surface area contributed by atoms with Crippen LogP contribution in [-0.4, -0.2) is 43.0 Å². The Morgan fingerprint density at radius 3 is 2.86 bits per heavy atom. The molecule has 0 spiro atoms. The third-order valence-corrected chi connectivity index (χ3v) is 3.37. The maximum atomic E-state index is 13.7. The summed E-state index contributed by atoms with van der Waals surface area (Å²) in [6.07, 6.45) is 2.48. The molecular formula is C12H13F2N5O2. The molecular weight excluding hydrogens is 284 g/mol. The Hall–Kier alpha value is -2.32. The van der Waals surface area contributed by atoms with E-state index in [4.69, 9.17) is 4.52 Å². The Bertz CT molecular complexity index is 681. The molecule has 2 aromatic rings. The summed E-state index contributed by atoms with van der Waals surface area (Å²) < 4.78 is 33.9. The Kier molecular flexibility index (Phi) is 2.99. The number of imidazole rings is 1. The predicted octanol–water partition coefficient (Wildman–Crippen LogP) is 1.33. The highest BCUT2D eigenvalue weighted by molar-refractivity contribution is 5.91. The molecule has 1 aliphatic rings. The molecule has 0 radical (unpaired) electrons. The molecule has 1 amide bonds. The van der Waals surface area contributed by atoms with Gasteiger partial charge in [0, 0.05) is 25.9 Å². The monoisotopic (exact) mass is 297 g/mol. The van der Waals surface area contributed by atoms with E-state index in [9.17, 15) is 13.6 Å². The van der Waals surface area contributed by atoms with Gasteiger partial charge >= 0.3 is 0 Å². The topological polar surface area (TPSA) is 77.0 Å². The van der Waals surface area contributed by atoms with Gasteiger partial charge in [-0.15, -0.1) is 0 Å². The molecule has 3 rings (SSSR count). The summed E-state index contributed by atoms with van der Waals surface area (Å²) in [5, 5.41) is 3.59. The van der Waals surface area contributed by atoms with Gasteiger partial charge in [0.15, 0.2) is 11.6 Å². The Labute approximate surface area is 118 Å². The number of amides is 1. The van der Waals surface area contributed by atoms with E-state index in [1.807, 2.05) is 0 Å². The largest absolute Gasteiger partial charge is 0.337 e. The number of nitrogens with zero attached hydrogens (tertiary/aromatic N) is 5. The lowest BCUT2D eigenvalue weighted by molar-refractivity contribution is 0.0115. The van der Waals surface area contributed by atoms with Gasteiger partial charge in [-0.1, -0.05) is 5.16 Å². The van der Waals surface area contributed by atoms with Gasteiger partial charge < -0.3 is 14.0 Å². The molecule has 1 atom stereocenters. The fraction of sp³-hybridized carbons (Fsp3) is 0.500. The minimum Gasteiger partial charge on any atom is -0.337 e. The van der Waals surface area contributed by atoms with E-state index < -0.39 is 30.8 Å². The number of hydrogen-bond acceptors (Lipinski definition) is 5. The van der Waals surface area contributed by atoms with Gasteiger partial charge in [-0.3, -0.25) is 4.79 Å². The summed E-state index contributed by atoms with van der Waals surface area (Å²) in [6, 6.07) is -0.939. The maximum absolute atomic E-state index is 13.7. The van der Waals surface area contributed by atoms with Crippen LogP contribution >= 0.6 is 0 Å². The normalized spacial score (nSPS) is 21.0. The van der Waals surface area contributed by atoms with E-state index in [0.29, 0.717) is 5.82 Å². The first-order valence-electron chi connectivity index (χ1n) is 6.34. The van der Waals surface area contributed by atoms with Crippen LogP contribution in [-0.2, 0) is 7.05 Å². The van der Waals surface area contributed by atoms with Crippen LogP contribution in [0.2, 0.25) is 0 Å². The molecule has 0 bridgehead atoms. The van der Waals surface area contributed by atoms with E-state index in [0.717, 1.165) is 4.90 Å². The van der Waals surface area contributed by atoms with Crippen molar-refractivity contribution in [3.63, 3.8) is 0 Å². The smallest absolute Gasteiger partial charge is 0.290 e. The van der Waals surface area contributed by atoms with Crippen LogP contribution < -0.4 is 0 Å². The number of alkyl halides is 2. The van der Waals surface area contributed by atoms with Crippen molar-refractivity contribution in [2.75, 3.05) is 6.54 Å². The zero-order valence-electron chi connectivity index (χ0n) is 11.5. The van der Waals surface area contributed by atoms with Crippen LogP contribution in [0.5, 0.6) is 0 Å². The van der Waals surface area contributed by atoms with E-state index in [-0.39, 0.29) is 11.7 Å². The van der Waals surface area contributed by atoms with Gasteiger partial charge in [0.1, 0.15) is 6.04 Å². The highest BCUT2D eigenvalue weighted by Gasteiger charge is 2.50. The van der Waals surface area contributed by atoms with Gasteiger partial charge in [-0.05, 0) is 6.92 Å². The first kappa shape index (κ1) is 13.7. The maximum Gasteiger partial charge on any atom is 0.290 e. The zero-order chi connectivity index (χ0) is 15.2. The summed E-state index contributed by atoms with van der Waals surface area (Å²) in [7, 11) is 1.63. The number of rotatable bonds is 2. The van der Waals surface area contributed by atoms with Crippen molar-refractivity contribution in [3.8, 4) is 0 Å². The van der Waals surface area contributed by atoms with Gasteiger partial charge in [-0.25, -0.2) is 13.8 Å². The number of halogens is 2. The van der Waals surface area contributed by atoms with Crippen LogP contribution in [0.4, 0.5) is 8.78 Å². The molecule has 0 aromatic carbocycles. The fourth-order valence-corrected chi connectivity index (χ4v) is 2.40. The SMILES string of the molecule is Cc1noc([C@@H]2CC(F)(F)CN2C(=O)c2nccn2C)n1. The molecule has 0 aliphatic carbocycles. The molecule has 1 saturated heterocycles. The lowest BCUT2D eigenvalue weighted by Crippen LogP contribution is -2.34. The molecule has 0 unspecified atom stereocenters. The van der Waals surface area contributed by atoms with Crippen molar-refractivity contribution in [1.29, 1.82) is 0 Å². The number of carbonyl (C=O) groups excluding carboxylic acids is 1. The average molecular weight is 297 g/mol. The Morgan fingerprint density at radius 1 is 1.52 bits per heavy atom. The molecule has 2 aromatic heterocycles. The van der Waals surface area contributed by atoms with Crippen LogP contribution in [0, 0.1) is 6.92 Å². The predicted molar refractivity (Wildman–Crippen MR) is 65.6 cm³/mol. The van der Waals surface area contributed by atoms with Crippen LogP contribution in [0.1, 0.15) is 34.8 Å². The third kappa shape index (κ3) is 2.39. The quantitative estimate of drug-likeness (QED) is 0.836. The molecule has 112 valence electrons. The molecule has 0 saturated carbocycles. The van der Waals surface area contributed by atoms with Gasteiger partial charge in [0.25, 0.3) is 11.8 Å². The van der Waals surface area contributed by atoms with Crippen LogP contribution in [0.15, 0.2) is 16.9 Å². The molecule has 21 heavy (non-hydrogen) atoms. The first-order valence-corrected chi connectivity index (χ1v) is 6.34. The first-order chi connectivity index (χ1) is 9.87. The summed E-state index contributed by atoms with van der Waals surface area (Å²) >= 11 is 0. The standard InChI is InChI=1S/C12H13F2N5O2/c1-7-16-10(21-17-7)8-5-12(13,14)6-19(8)11(20)9-15-3-4-18(9)2/h3-4,8H,5-6H2,1-2H3/t8-/m0/s1.